The number of allylic oxidation sites excluding steroid dienone is 1. The third-order valence-electron chi connectivity index (χ3n) is 1.88. The van der Waals surface area contributed by atoms with Crippen LogP contribution in [-0.4, -0.2) is 9.04 Å². The van der Waals surface area contributed by atoms with E-state index >= 15 is 0 Å². The molecule has 0 aromatic carbocycles. The number of halogens is 2. The van der Waals surface area contributed by atoms with Crippen molar-refractivity contribution < 1.29 is 52.5 Å². The molecule has 2 rings (SSSR count). The van der Waals surface area contributed by atoms with Gasteiger partial charge in [-0.3, -0.25) is 0 Å². The molecule has 0 N–H and O–H groups in total. The minimum atomic E-state index is -0.610. The monoisotopic (exact) mass is 371 g/mol. The van der Waals surface area contributed by atoms with E-state index in [1.54, 1.807) is 11.3 Å². The molecule has 0 saturated carbocycles. The van der Waals surface area contributed by atoms with Gasteiger partial charge in [-0.25, -0.2) is 0 Å². The van der Waals surface area contributed by atoms with Crippen LogP contribution in [0.3, 0.4) is 0 Å². The van der Waals surface area contributed by atoms with E-state index in [1.807, 2.05) is 0 Å². The van der Waals surface area contributed by atoms with Crippen LogP contribution in [-0.2, 0) is 34.1 Å². The normalized spacial score (nSPS) is 11.8. The van der Waals surface area contributed by atoms with E-state index in [0.717, 1.165) is 0 Å². The maximum Gasteiger partial charge on any atom is -1.00 e. The Morgan fingerprint density at radius 1 is 1.31 bits per heavy atom. The number of hydrogen-bond donors (Lipinski definition) is 0. The molecular weight excluding hydrogens is 358 g/mol. The van der Waals surface area contributed by atoms with Crippen molar-refractivity contribution in [1.29, 1.82) is 0 Å². The van der Waals surface area contributed by atoms with Gasteiger partial charge in [0.15, 0.2) is 0 Å². The third-order valence-corrected chi connectivity index (χ3v) is 6.64. The van der Waals surface area contributed by atoms with Gasteiger partial charge in [-0.15, -0.1) is 0 Å². The van der Waals surface area contributed by atoms with Crippen LogP contribution in [0.5, 0.6) is 0 Å². The van der Waals surface area contributed by atoms with E-state index in [2.05, 4.69) is 36.9 Å². The van der Waals surface area contributed by atoms with Crippen LogP contribution < -0.4 is 24.8 Å². The Hall–Kier alpha value is 1.08. The van der Waals surface area contributed by atoms with Gasteiger partial charge in [0.25, 0.3) is 0 Å². The zero-order chi connectivity index (χ0) is 10.6. The molecule has 1 nitrogen and oxygen atoms in total. The summed E-state index contributed by atoms with van der Waals surface area (Å²) in [6.45, 7) is 6.51. The molecule has 16 heavy (non-hydrogen) atoms. The molecule has 0 unspecified atom stereocenters. The standard InChI is InChI=1S/C8H8S.C2H7OSi.2ClH.Zr/c1-6-2-7-4-9-5-8(7)3-6;1-4(2)3;;;/h2,4-5H,3H2,1H3;4H,1-2H3;2*1H;/q;-1;;;+3/p-2. The summed E-state index contributed by atoms with van der Waals surface area (Å²) in [7, 11) is -0.610. The minimum absolute atomic E-state index is 0. The summed E-state index contributed by atoms with van der Waals surface area (Å²) < 4.78 is 4.98. The summed E-state index contributed by atoms with van der Waals surface area (Å²) in [5.74, 6) is 0. The Balaban J connectivity index is 0. The first kappa shape index (κ1) is 19.4. The third kappa shape index (κ3) is 6.73. The molecule has 0 spiro atoms. The van der Waals surface area contributed by atoms with Crippen molar-refractivity contribution in [2.45, 2.75) is 26.4 Å². The number of thiophene rings is 1. The second-order valence-electron chi connectivity index (χ2n) is 3.69. The van der Waals surface area contributed by atoms with E-state index in [0.29, 0.717) is 0 Å². The van der Waals surface area contributed by atoms with E-state index in [1.165, 1.54) is 48.3 Å². The van der Waals surface area contributed by atoms with Crippen LogP contribution >= 0.6 is 11.3 Å². The van der Waals surface area contributed by atoms with Crippen LogP contribution in [0.15, 0.2) is 16.3 Å². The van der Waals surface area contributed by atoms with Gasteiger partial charge in [-0.2, -0.15) is 11.3 Å². The molecule has 0 radical (unpaired) electrons. The van der Waals surface area contributed by atoms with Gasteiger partial charge in [-0.05, 0) is 35.2 Å². The summed E-state index contributed by atoms with van der Waals surface area (Å²) in [4.78, 5) is 0. The Labute approximate surface area is 132 Å². The number of hydrogen-bond acceptors (Lipinski definition) is 2. The number of fused-ring (bicyclic) bond motifs is 1. The quantitative estimate of drug-likeness (QED) is 0.482. The van der Waals surface area contributed by atoms with Crippen LogP contribution in [0, 0.1) is 0 Å². The van der Waals surface area contributed by atoms with Gasteiger partial charge in [0.05, 0.1) is 0 Å². The molecule has 6 heteroatoms. The predicted octanol–water partition coefficient (Wildman–Crippen LogP) is -2.84. The molecule has 0 amide bonds. The van der Waals surface area contributed by atoms with Gasteiger partial charge in [0, 0.05) is 0 Å². The summed E-state index contributed by atoms with van der Waals surface area (Å²) >= 11 is 3.03. The molecular formula is C10H15Cl2OSSiZr. The fraction of sp³-hybridized carbons (Fsp3) is 0.400. The SMILES string of the molecule is CC1=Cc2cscc2C1.C[SiH](C)[O][Zr+2].[Cl-].[Cl-]. The molecule has 0 fully saturated rings. The van der Waals surface area contributed by atoms with E-state index in [-0.39, 0.29) is 24.8 Å². The second kappa shape index (κ2) is 10.0. The van der Waals surface area contributed by atoms with Crippen molar-refractivity contribution in [1.82, 2.24) is 0 Å². The van der Waals surface area contributed by atoms with Crippen LogP contribution in [0.1, 0.15) is 18.1 Å². The largest absolute Gasteiger partial charge is 1.00 e. The molecule has 0 saturated heterocycles. The first-order valence-corrected chi connectivity index (χ1v) is 9.40. The maximum absolute atomic E-state index is 4.98. The molecule has 1 aromatic heterocycles. The smallest absolute Gasteiger partial charge is 1.00 e. The van der Waals surface area contributed by atoms with Crippen molar-refractivity contribution in [3.05, 3.63) is 27.5 Å². The summed E-state index contributed by atoms with van der Waals surface area (Å²) in [5.41, 5.74) is 4.45. The van der Waals surface area contributed by atoms with Crippen molar-refractivity contribution in [2.24, 2.45) is 0 Å². The first-order valence-electron chi connectivity index (χ1n) is 4.68. The summed E-state index contributed by atoms with van der Waals surface area (Å²) in [6, 6.07) is 0. The van der Waals surface area contributed by atoms with E-state index in [9.17, 15) is 0 Å². The average Bonchev–Trinajstić information content (AvgIpc) is 2.64. The van der Waals surface area contributed by atoms with Gasteiger partial charge < -0.3 is 24.8 Å². The topological polar surface area (TPSA) is 9.23 Å². The summed E-state index contributed by atoms with van der Waals surface area (Å²) in [5, 5.41) is 4.45. The molecule has 1 aliphatic carbocycles. The summed E-state index contributed by atoms with van der Waals surface area (Å²) in [6.07, 6.45) is 3.45. The van der Waals surface area contributed by atoms with Crippen LogP contribution in [0.4, 0.5) is 0 Å². The van der Waals surface area contributed by atoms with Crippen LogP contribution in [0.25, 0.3) is 6.08 Å². The molecule has 0 aliphatic heterocycles. The van der Waals surface area contributed by atoms with Gasteiger partial charge >= 0.3 is 49.8 Å². The average molecular weight is 374 g/mol. The van der Waals surface area contributed by atoms with E-state index in [4.69, 9.17) is 2.50 Å². The molecule has 1 aliphatic rings. The van der Waals surface area contributed by atoms with Crippen molar-refractivity contribution in [2.75, 3.05) is 0 Å². The second-order valence-corrected chi connectivity index (χ2v) is 8.50. The Bertz CT molecular complexity index is 328. The van der Waals surface area contributed by atoms with Gasteiger partial charge in [-0.1, -0.05) is 11.6 Å². The molecule has 1 aromatic rings. The molecule has 1 heterocycles. The Kier molecular flexibility index (Phi) is 12.2. The zero-order valence-electron chi connectivity index (χ0n) is 9.59. The molecule has 0 bridgehead atoms. The fourth-order valence-electron chi connectivity index (χ4n) is 1.22. The first-order chi connectivity index (χ1) is 6.63. The molecule has 89 valence electrons. The minimum Gasteiger partial charge on any atom is -1.00 e. The van der Waals surface area contributed by atoms with Crippen LogP contribution in [0.2, 0.25) is 13.1 Å². The van der Waals surface area contributed by atoms with Gasteiger partial charge in [0.1, 0.15) is 0 Å². The number of rotatable bonds is 1. The Morgan fingerprint density at radius 2 is 1.88 bits per heavy atom. The van der Waals surface area contributed by atoms with Crippen molar-refractivity contribution in [3.8, 4) is 0 Å². The zero-order valence-corrected chi connectivity index (χ0v) is 15.5. The van der Waals surface area contributed by atoms with Crippen molar-refractivity contribution >= 4 is 26.5 Å². The Morgan fingerprint density at radius 3 is 2.31 bits per heavy atom. The fourth-order valence-corrected chi connectivity index (χ4v) is 2.04. The predicted molar refractivity (Wildman–Crippen MR) is 61.6 cm³/mol. The maximum atomic E-state index is 4.98. The molecule has 0 atom stereocenters. The van der Waals surface area contributed by atoms with Crippen molar-refractivity contribution in [3.63, 3.8) is 0 Å². The van der Waals surface area contributed by atoms with Gasteiger partial charge in [0.2, 0.25) is 0 Å². The van der Waals surface area contributed by atoms with E-state index < -0.39 is 9.04 Å².